The lowest BCUT2D eigenvalue weighted by molar-refractivity contribution is 0.240. The Balaban J connectivity index is 1.70. The second-order valence-electron chi connectivity index (χ2n) is 6.67. The zero-order chi connectivity index (χ0) is 16.9. The number of guanidine groups is 1. The van der Waals surface area contributed by atoms with E-state index in [0.29, 0.717) is 17.1 Å². The van der Waals surface area contributed by atoms with E-state index in [2.05, 4.69) is 20.5 Å². The number of rotatable bonds is 6. The Labute approximate surface area is 148 Å². The molecule has 1 aliphatic carbocycles. The highest BCUT2D eigenvalue weighted by molar-refractivity contribution is 6.31. The molecule has 0 spiro atoms. The Morgan fingerprint density at radius 2 is 2.08 bits per heavy atom. The molecule has 0 amide bonds. The quantitative estimate of drug-likeness (QED) is 0.610. The molecule has 1 aromatic carbocycles. The molecule has 1 atom stereocenters. The Morgan fingerprint density at radius 3 is 2.71 bits per heavy atom. The minimum atomic E-state index is -0.234. The second kappa shape index (κ2) is 8.17. The molecule has 4 nitrogen and oxygen atoms in total. The smallest absolute Gasteiger partial charge is 0.191 e. The van der Waals surface area contributed by atoms with Crippen LogP contribution in [0, 0.1) is 11.7 Å². The Hall–Kier alpha value is -1.33. The van der Waals surface area contributed by atoms with Crippen molar-refractivity contribution in [3.63, 3.8) is 0 Å². The van der Waals surface area contributed by atoms with Gasteiger partial charge in [-0.05, 0) is 56.8 Å². The highest BCUT2D eigenvalue weighted by Crippen LogP contribution is 2.32. The summed E-state index contributed by atoms with van der Waals surface area (Å²) in [5, 5.41) is 7.20. The number of halogens is 2. The first-order valence-electron chi connectivity index (χ1n) is 8.81. The lowest BCUT2D eigenvalue weighted by Crippen LogP contribution is -2.43. The molecule has 2 N–H and O–H groups in total. The predicted octanol–water partition coefficient (Wildman–Crippen LogP) is 3.19. The van der Waals surface area contributed by atoms with Gasteiger partial charge in [0.2, 0.25) is 0 Å². The van der Waals surface area contributed by atoms with Gasteiger partial charge in [-0.1, -0.05) is 17.7 Å². The van der Waals surface area contributed by atoms with Crippen molar-refractivity contribution < 1.29 is 4.39 Å². The van der Waals surface area contributed by atoms with Gasteiger partial charge >= 0.3 is 0 Å². The van der Waals surface area contributed by atoms with E-state index < -0.39 is 0 Å². The van der Waals surface area contributed by atoms with Gasteiger partial charge in [-0.25, -0.2) is 4.39 Å². The van der Waals surface area contributed by atoms with E-state index in [4.69, 9.17) is 11.6 Å². The summed E-state index contributed by atoms with van der Waals surface area (Å²) in [6, 6.07) is 4.83. The third-order valence-corrected chi connectivity index (χ3v) is 5.19. The van der Waals surface area contributed by atoms with Crippen LogP contribution in [-0.4, -0.2) is 44.1 Å². The molecule has 1 saturated carbocycles. The van der Waals surface area contributed by atoms with Crippen molar-refractivity contribution in [2.24, 2.45) is 10.9 Å². The average molecular weight is 353 g/mol. The fraction of sp³-hybridized carbons (Fsp3) is 0.611. The van der Waals surface area contributed by atoms with E-state index in [1.165, 1.54) is 18.9 Å². The predicted molar refractivity (Wildman–Crippen MR) is 97.0 cm³/mol. The van der Waals surface area contributed by atoms with Gasteiger partial charge in [-0.3, -0.25) is 9.89 Å². The number of likely N-dealkylation sites (tertiary alicyclic amines) is 1. The summed E-state index contributed by atoms with van der Waals surface area (Å²) in [4.78, 5) is 6.59. The third kappa shape index (κ3) is 4.39. The molecular weight excluding hydrogens is 327 g/mol. The van der Waals surface area contributed by atoms with Crippen LogP contribution in [0.15, 0.2) is 23.2 Å². The van der Waals surface area contributed by atoms with Crippen LogP contribution in [0.1, 0.15) is 37.3 Å². The maximum Gasteiger partial charge on any atom is 0.191 e. The van der Waals surface area contributed by atoms with Gasteiger partial charge in [0.05, 0.1) is 6.04 Å². The largest absolute Gasteiger partial charge is 0.356 e. The van der Waals surface area contributed by atoms with Crippen molar-refractivity contribution in [3.05, 3.63) is 34.6 Å². The van der Waals surface area contributed by atoms with Crippen LogP contribution in [0.3, 0.4) is 0 Å². The van der Waals surface area contributed by atoms with Crippen LogP contribution in [0.5, 0.6) is 0 Å². The molecule has 132 valence electrons. The van der Waals surface area contributed by atoms with Crippen LogP contribution in [0.4, 0.5) is 4.39 Å². The molecule has 2 aliphatic rings. The monoisotopic (exact) mass is 352 g/mol. The Kier molecular flexibility index (Phi) is 5.95. The number of hydrogen-bond donors (Lipinski definition) is 2. The summed E-state index contributed by atoms with van der Waals surface area (Å²) >= 11 is 6.32. The fourth-order valence-electron chi connectivity index (χ4n) is 3.27. The van der Waals surface area contributed by atoms with Gasteiger partial charge in [-0.15, -0.1) is 0 Å². The number of benzene rings is 1. The SMILES string of the molecule is CN=C(NCC1CC1)NCC(c1c(F)cccc1Cl)N1CCCC1. The van der Waals surface area contributed by atoms with E-state index in [0.717, 1.165) is 44.4 Å². The molecule has 1 aromatic rings. The molecule has 1 heterocycles. The van der Waals surface area contributed by atoms with E-state index in [-0.39, 0.29) is 11.9 Å². The molecule has 1 unspecified atom stereocenters. The maximum atomic E-state index is 14.4. The number of nitrogens with zero attached hydrogens (tertiary/aromatic N) is 2. The van der Waals surface area contributed by atoms with Crippen LogP contribution in [0.2, 0.25) is 5.02 Å². The van der Waals surface area contributed by atoms with E-state index in [1.807, 2.05) is 0 Å². The average Bonchev–Trinajstić information content (AvgIpc) is 3.24. The lowest BCUT2D eigenvalue weighted by atomic mass is 10.0. The molecule has 1 aliphatic heterocycles. The lowest BCUT2D eigenvalue weighted by Gasteiger charge is -2.29. The third-order valence-electron chi connectivity index (χ3n) is 4.86. The van der Waals surface area contributed by atoms with Crippen molar-refractivity contribution in [2.45, 2.75) is 31.7 Å². The van der Waals surface area contributed by atoms with Gasteiger partial charge in [0.25, 0.3) is 0 Å². The summed E-state index contributed by atoms with van der Waals surface area (Å²) in [6.07, 6.45) is 4.89. The second-order valence-corrected chi connectivity index (χ2v) is 7.08. The Morgan fingerprint density at radius 1 is 1.33 bits per heavy atom. The van der Waals surface area contributed by atoms with Crippen LogP contribution in [-0.2, 0) is 0 Å². The van der Waals surface area contributed by atoms with E-state index in [9.17, 15) is 4.39 Å². The van der Waals surface area contributed by atoms with E-state index in [1.54, 1.807) is 19.2 Å². The van der Waals surface area contributed by atoms with E-state index >= 15 is 0 Å². The summed E-state index contributed by atoms with van der Waals surface area (Å²) in [7, 11) is 1.77. The van der Waals surface area contributed by atoms with Crippen molar-refractivity contribution in [1.29, 1.82) is 0 Å². The van der Waals surface area contributed by atoms with Gasteiger partial charge in [0.15, 0.2) is 5.96 Å². The normalized spacial score (nSPS) is 20.2. The summed E-state index contributed by atoms with van der Waals surface area (Å²) in [6.45, 7) is 3.50. The van der Waals surface area contributed by atoms with Gasteiger partial charge < -0.3 is 10.6 Å². The first-order valence-corrected chi connectivity index (χ1v) is 9.19. The number of hydrogen-bond acceptors (Lipinski definition) is 2. The molecule has 24 heavy (non-hydrogen) atoms. The highest BCUT2D eigenvalue weighted by Gasteiger charge is 2.28. The molecule has 6 heteroatoms. The molecular formula is C18H26ClFN4. The summed E-state index contributed by atoms with van der Waals surface area (Å²) in [5.41, 5.74) is 0.589. The van der Waals surface area contributed by atoms with Crippen molar-refractivity contribution >= 4 is 17.6 Å². The zero-order valence-corrected chi connectivity index (χ0v) is 14.9. The standard InChI is InChI=1S/C18H26ClFN4/c1-21-18(22-11-13-7-8-13)23-12-16(24-9-2-3-10-24)17-14(19)5-4-6-15(17)20/h4-6,13,16H,2-3,7-12H2,1H3,(H2,21,22,23). The molecule has 0 aromatic heterocycles. The summed E-state index contributed by atoms with van der Waals surface area (Å²) in [5.74, 6) is 1.32. The number of nitrogens with one attached hydrogen (secondary N) is 2. The highest BCUT2D eigenvalue weighted by atomic mass is 35.5. The first-order chi connectivity index (χ1) is 11.7. The fourth-order valence-corrected chi connectivity index (χ4v) is 3.56. The van der Waals surface area contributed by atoms with Gasteiger partial charge in [0.1, 0.15) is 5.82 Å². The molecule has 0 bridgehead atoms. The van der Waals surface area contributed by atoms with Crippen LogP contribution >= 0.6 is 11.6 Å². The minimum absolute atomic E-state index is 0.0827. The molecule has 0 radical (unpaired) electrons. The van der Waals surface area contributed by atoms with Gasteiger partial charge in [-0.2, -0.15) is 0 Å². The zero-order valence-electron chi connectivity index (χ0n) is 14.2. The van der Waals surface area contributed by atoms with Crippen LogP contribution in [0.25, 0.3) is 0 Å². The Bertz CT molecular complexity index is 562. The summed E-state index contributed by atoms with van der Waals surface area (Å²) < 4.78 is 14.4. The minimum Gasteiger partial charge on any atom is -0.356 e. The van der Waals surface area contributed by atoms with Crippen molar-refractivity contribution in [1.82, 2.24) is 15.5 Å². The molecule has 3 rings (SSSR count). The first kappa shape index (κ1) is 17.5. The van der Waals surface area contributed by atoms with Crippen LogP contribution < -0.4 is 10.6 Å². The van der Waals surface area contributed by atoms with Gasteiger partial charge in [0, 0.05) is 30.7 Å². The van der Waals surface area contributed by atoms with Crippen molar-refractivity contribution in [2.75, 3.05) is 33.2 Å². The maximum absolute atomic E-state index is 14.4. The van der Waals surface area contributed by atoms with Crippen molar-refractivity contribution in [3.8, 4) is 0 Å². The molecule has 1 saturated heterocycles. The number of aliphatic imine (C=N–C) groups is 1. The topological polar surface area (TPSA) is 39.7 Å². The molecule has 2 fully saturated rings.